The monoisotopic (exact) mass is 458 g/mol. The Morgan fingerprint density at radius 1 is 1.10 bits per heavy atom. The molecule has 9 heteroatoms. The van der Waals surface area contributed by atoms with E-state index >= 15 is 0 Å². The molecule has 1 aromatic carbocycles. The predicted octanol–water partition coefficient (Wildman–Crippen LogP) is 2.99. The molecule has 0 aliphatic carbocycles. The van der Waals surface area contributed by atoms with Crippen LogP contribution in [0.2, 0.25) is 0 Å². The van der Waals surface area contributed by atoms with Crippen molar-refractivity contribution in [3.05, 3.63) is 71.9 Å². The first kappa shape index (κ1) is 21.8. The predicted molar refractivity (Wildman–Crippen MR) is 123 cm³/mol. The number of thiophene rings is 1. The Bertz CT molecular complexity index is 1070. The first-order chi connectivity index (χ1) is 15.1. The Morgan fingerprint density at radius 3 is 2.58 bits per heavy atom. The fourth-order valence-corrected chi connectivity index (χ4v) is 5.95. The molecule has 1 aliphatic heterocycles. The molecule has 2 aromatic heterocycles. The number of hydrogen-bond donors (Lipinski definition) is 1. The summed E-state index contributed by atoms with van der Waals surface area (Å²) >= 11 is 1.22. The third-order valence-corrected chi connectivity index (χ3v) is 8.30. The largest absolute Gasteiger partial charge is 0.495 e. The minimum Gasteiger partial charge on any atom is -0.495 e. The van der Waals surface area contributed by atoms with Gasteiger partial charge in [0.25, 0.3) is 0 Å². The number of piperazine rings is 1. The summed E-state index contributed by atoms with van der Waals surface area (Å²) in [7, 11) is -1.84. The van der Waals surface area contributed by atoms with E-state index < -0.39 is 10.0 Å². The van der Waals surface area contributed by atoms with E-state index in [9.17, 15) is 8.42 Å². The SMILES string of the molecule is COc1ccccc1N1CCN([C@H](CNS(=O)(=O)c2cccs2)c2cccnc2)CC1. The van der Waals surface area contributed by atoms with Gasteiger partial charge in [-0.25, -0.2) is 13.1 Å². The van der Waals surface area contributed by atoms with Gasteiger partial charge in [-0.2, -0.15) is 0 Å². The number of ether oxygens (including phenoxy) is 1. The molecule has 1 fully saturated rings. The summed E-state index contributed by atoms with van der Waals surface area (Å²) in [6.45, 7) is 3.56. The van der Waals surface area contributed by atoms with Crippen LogP contribution in [0.15, 0.2) is 70.5 Å². The number of benzene rings is 1. The molecule has 0 bridgehead atoms. The number of methoxy groups -OCH3 is 1. The zero-order chi connectivity index (χ0) is 21.7. The topological polar surface area (TPSA) is 74.8 Å². The van der Waals surface area contributed by atoms with Gasteiger partial charge < -0.3 is 9.64 Å². The van der Waals surface area contributed by atoms with Gasteiger partial charge in [0.05, 0.1) is 18.8 Å². The number of sulfonamides is 1. The van der Waals surface area contributed by atoms with Crippen molar-refractivity contribution in [2.75, 3.05) is 44.7 Å². The molecule has 1 N–H and O–H groups in total. The highest BCUT2D eigenvalue weighted by molar-refractivity contribution is 7.91. The normalized spacial score (nSPS) is 16.2. The van der Waals surface area contributed by atoms with Gasteiger partial charge in [-0.1, -0.05) is 24.3 Å². The number of hydrogen-bond acceptors (Lipinski definition) is 7. The maximum Gasteiger partial charge on any atom is 0.250 e. The molecule has 7 nitrogen and oxygen atoms in total. The zero-order valence-electron chi connectivity index (χ0n) is 17.3. The van der Waals surface area contributed by atoms with E-state index in [0.29, 0.717) is 10.8 Å². The van der Waals surface area contributed by atoms with Crippen LogP contribution in [0.4, 0.5) is 5.69 Å². The molecule has 0 radical (unpaired) electrons. The molecule has 1 aliphatic rings. The molecule has 0 amide bonds. The van der Waals surface area contributed by atoms with Crippen LogP contribution < -0.4 is 14.4 Å². The van der Waals surface area contributed by atoms with E-state index in [1.807, 2.05) is 36.5 Å². The highest BCUT2D eigenvalue weighted by Crippen LogP contribution is 2.30. The van der Waals surface area contributed by atoms with E-state index in [1.165, 1.54) is 11.3 Å². The standard InChI is InChI=1S/C22H26N4O3S2/c1-29-21-8-3-2-7-19(21)25-11-13-26(14-12-25)20(18-6-4-10-23-16-18)17-24-31(27,28)22-9-5-15-30-22/h2-10,15-16,20,24H,11-14,17H2,1H3/t20-/m1/s1. The van der Waals surface area contributed by atoms with Crippen LogP contribution in [-0.4, -0.2) is 58.1 Å². The summed E-state index contributed by atoms with van der Waals surface area (Å²) in [6, 6.07) is 15.2. The van der Waals surface area contributed by atoms with Gasteiger partial charge in [0.2, 0.25) is 10.0 Å². The van der Waals surface area contributed by atoms with Crippen LogP contribution in [0.25, 0.3) is 0 Å². The van der Waals surface area contributed by atoms with Crippen molar-refractivity contribution in [2.45, 2.75) is 10.3 Å². The number of aromatic nitrogens is 1. The first-order valence-electron chi connectivity index (χ1n) is 10.1. The highest BCUT2D eigenvalue weighted by atomic mass is 32.2. The van der Waals surface area contributed by atoms with Crippen LogP contribution in [0.5, 0.6) is 5.75 Å². The average molecular weight is 459 g/mol. The smallest absolute Gasteiger partial charge is 0.250 e. The second kappa shape index (κ2) is 9.78. The fraction of sp³-hybridized carbons (Fsp3) is 0.318. The second-order valence-electron chi connectivity index (χ2n) is 7.28. The molecule has 31 heavy (non-hydrogen) atoms. The lowest BCUT2D eigenvalue weighted by molar-refractivity contribution is 0.186. The van der Waals surface area contributed by atoms with Crippen molar-refractivity contribution in [3.8, 4) is 5.75 Å². The highest BCUT2D eigenvalue weighted by Gasteiger charge is 2.28. The molecular weight excluding hydrogens is 432 g/mol. The Kier molecular flexibility index (Phi) is 6.86. The maximum absolute atomic E-state index is 12.7. The van der Waals surface area contributed by atoms with Crippen LogP contribution in [0.1, 0.15) is 11.6 Å². The van der Waals surface area contributed by atoms with Crippen LogP contribution in [-0.2, 0) is 10.0 Å². The van der Waals surface area contributed by atoms with Gasteiger partial charge >= 0.3 is 0 Å². The number of anilines is 1. The van der Waals surface area contributed by atoms with Crippen LogP contribution in [0, 0.1) is 0 Å². The second-order valence-corrected chi connectivity index (χ2v) is 10.2. The maximum atomic E-state index is 12.7. The van der Waals surface area contributed by atoms with Gasteiger partial charge in [-0.3, -0.25) is 9.88 Å². The zero-order valence-corrected chi connectivity index (χ0v) is 19.0. The summed E-state index contributed by atoms with van der Waals surface area (Å²) in [4.78, 5) is 8.88. The number of nitrogens with zero attached hydrogens (tertiary/aromatic N) is 3. The summed E-state index contributed by atoms with van der Waals surface area (Å²) in [5.74, 6) is 0.864. The summed E-state index contributed by atoms with van der Waals surface area (Å²) < 4.78 is 34.0. The van der Waals surface area contributed by atoms with Crippen molar-refractivity contribution < 1.29 is 13.2 Å². The molecule has 3 aromatic rings. The first-order valence-corrected chi connectivity index (χ1v) is 12.5. The summed E-state index contributed by atoms with van der Waals surface area (Å²) in [5, 5.41) is 1.77. The molecule has 4 rings (SSSR count). The number of nitrogens with one attached hydrogen (secondary N) is 1. The van der Waals surface area contributed by atoms with Gasteiger partial charge in [0, 0.05) is 45.1 Å². The molecule has 0 unspecified atom stereocenters. The Balaban J connectivity index is 1.48. The number of para-hydroxylation sites is 2. The average Bonchev–Trinajstić information content (AvgIpc) is 3.36. The van der Waals surface area contributed by atoms with E-state index in [-0.39, 0.29) is 6.04 Å². The Morgan fingerprint density at radius 2 is 1.90 bits per heavy atom. The Labute approximate surface area is 187 Å². The molecular formula is C22H26N4O3S2. The Hall–Kier alpha value is -2.46. The van der Waals surface area contributed by atoms with E-state index in [0.717, 1.165) is 43.2 Å². The van der Waals surface area contributed by atoms with Gasteiger partial charge in [0.1, 0.15) is 9.96 Å². The van der Waals surface area contributed by atoms with Gasteiger partial charge in [0.15, 0.2) is 0 Å². The number of rotatable bonds is 8. The van der Waals surface area contributed by atoms with E-state index in [1.54, 1.807) is 30.8 Å². The molecule has 3 heterocycles. The van der Waals surface area contributed by atoms with Crippen molar-refractivity contribution in [1.82, 2.24) is 14.6 Å². The lowest BCUT2D eigenvalue weighted by Gasteiger charge is -2.40. The number of pyridine rings is 1. The summed E-state index contributed by atoms with van der Waals surface area (Å²) in [6.07, 6.45) is 3.55. The summed E-state index contributed by atoms with van der Waals surface area (Å²) in [5.41, 5.74) is 2.09. The lowest BCUT2D eigenvalue weighted by atomic mass is 10.1. The van der Waals surface area contributed by atoms with Crippen molar-refractivity contribution in [2.24, 2.45) is 0 Å². The molecule has 0 saturated carbocycles. The molecule has 1 atom stereocenters. The van der Waals surface area contributed by atoms with Crippen molar-refractivity contribution >= 4 is 27.0 Å². The molecule has 164 valence electrons. The fourth-order valence-electron chi connectivity index (χ4n) is 3.87. The van der Waals surface area contributed by atoms with Crippen LogP contribution in [0.3, 0.4) is 0 Å². The van der Waals surface area contributed by atoms with Crippen LogP contribution >= 0.6 is 11.3 Å². The minimum atomic E-state index is -3.53. The van der Waals surface area contributed by atoms with E-state index in [2.05, 4.69) is 25.6 Å². The van der Waals surface area contributed by atoms with Gasteiger partial charge in [-0.05, 0) is 35.2 Å². The molecule has 0 spiro atoms. The lowest BCUT2D eigenvalue weighted by Crippen LogP contribution is -2.50. The van der Waals surface area contributed by atoms with Crippen molar-refractivity contribution in [1.29, 1.82) is 0 Å². The molecule has 1 saturated heterocycles. The van der Waals surface area contributed by atoms with E-state index in [4.69, 9.17) is 4.74 Å². The van der Waals surface area contributed by atoms with Crippen molar-refractivity contribution in [3.63, 3.8) is 0 Å². The quantitative estimate of drug-likeness (QED) is 0.559. The third kappa shape index (κ3) is 5.07. The minimum absolute atomic E-state index is 0.0942. The van der Waals surface area contributed by atoms with Gasteiger partial charge in [-0.15, -0.1) is 11.3 Å². The third-order valence-electron chi connectivity index (χ3n) is 5.48.